The van der Waals surface area contributed by atoms with E-state index in [2.05, 4.69) is 5.32 Å². The molecule has 0 saturated heterocycles. The molecule has 0 heterocycles. The van der Waals surface area contributed by atoms with E-state index in [1.54, 1.807) is 18.2 Å². The van der Waals surface area contributed by atoms with Gasteiger partial charge in [0.1, 0.15) is 0 Å². The maximum Gasteiger partial charge on any atom is 0.255 e. The van der Waals surface area contributed by atoms with E-state index in [4.69, 9.17) is 10.5 Å². The Morgan fingerprint density at radius 3 is 2.50 bits per heavy atom. The Bertz CT molecular complexity index is 394. The number of carbonyl (C=O) groups excluding carboxylic acids is 1. The molecule has 0 bridgehead atoms. The molecule has 0 unspecified atom stereocenters. The molecule has 0 aromatic heterocycles. The third kappa shape index (κ3) is 2.89. The molecule has 4 nitrogen and oxygen atoms in total. The summed E-state index contributed by atoms with van der Waals surface area (Å²) in [5, 5.41) is 2.86. The molecule has 0 atom stereocenters. The standard InChI is InChI=1S/C12H18N2O2/c1-12(2,3)14-11(15)8-6-5-7-9(13)10(8)16-4/h5-7H,13H2,1-4H3,(H,14,15). The molecule has 0 fully saturated rings. The number of hydrogen-bond donors (Lipinski definition) is 2. The van der Waals surface area contributed by atoms with Crippen molar-refractivity contribution in [3.8, 4) is 5.75 Å². The van der Waals surface area contributed by atoms with Gasteiger partial charge in [0.2, 0.25) is 0 Å². The minimum atomic E-state index is -0.285. The monoisotopic (exact) mass is 222 g/mol. The fourth-order valence-electron chi connectivity index (χ4n) is 1.37. The molecule has 16 heavy (non-hydrogen) atoms. The summed E-state index contributed by atoms with van der Waals surface area (Å²) in [5.41, 5.74) is 6.36. The van der Waals surface area contributed by atoms with Crippen molar-refractivity contribution in [2.75, 3.05) is 12.8 Å². The first-order chi connectivity index (χ1) is 7.35. The fraction of sp³-hybridized carbons (Fsp3) is 0.417. The predicted octanol–water partition coefficient (Wildman–Crippen LogP) is 1.81. The molecule has 3 N–H and O–H groups in total. The normalized spacial score (nSPS) is 11.0. The third-order valence-corrected chi connectivity index (χ3v) is 1.98. The molecular weight excluding hydrogens is 204 g/mol. The zero-order valence-electron chi connectivity index (χ0n) is 10.1. The van der Waals surface area contributed by atoms with Crippen LogP contribution in [-0.4, -0.2) is 18.6 Å². The lowest BCUT2D eigenvalue weighted by Gasteiger charge is -2.21. The second kappa shape index (κ2) is 4.43. The molecule has 0 radical (unpaired) electrons. The first kappa shape index (κ1) is 12.4. The van der Waals surface area contributed by atoms with Crippen LogP contribution in [0.4, 0.5) is 5.69 Å². The highest BCUT2D eigenvalue weighted by molar-refractivity contribution is 5.99. The number of nitrogen functional groups attached to an aromatic ring is 1. The second-order valence-electron chi connectivity index (χ2n) is 4.63. The number of para-hydroxylation sites is 1. The summed E-state index contributed by atoms with van der Waals surface area (Å²) < 4.78 is 5.13. The van der Waals surface area contributed by atoms with Crippen LogP contribution in [0.15, 0.2) is 18.2 Å². The summed E-state index contributed by atoms with van der Waals surface area (Å²) in [6, 6.07) is 5.12. The molecule has 1 aromatic carbocycles. The van der Waals surface area contributed by atoms with Gasteiger partial charge in [-0.15, -0.1) is 0 Å². The summed E-state index contributed by atoms with van der Waals surface area (Å²) in [7, 11) is 1.50. The first-order valence-corrected chi connectivity index (χ1v) is 5.10. The quantitative estimate of drug-likeness (QED) is 0.750. The number of ether oxygens (including phenoxy) is 1. The van der Waals surface area contributed by atoms with Crippen LogP contribution in [0.1, 0.15) is 31.1 Å². The van der Waals surface area contributed by atoms with Crippen molar-refractivity contribution in [1.82, 2.24) is 5.32 Å². The van der Waals surface area contributed by atoms with E-state index < -0.39 is 0 Å². The van der Waals surface area contributed by atoms with Gasteiger partial charge in [-0.05, 0) is 32.9 Å². The van der Waals surface area contributed by atoms with Gasteiger partial charge in [0.15, 0.2) is 5.75 Å². The summed E-state index contributed by atoms with van der Waals surface area (Å²) in [6.07, 6.45) is 0. The third-order valence-electron chi connectivity index (χ3n) is 1.98. The largest absolute Gasteiger partial charge is 0.494 e. The Morgan fingerprint density at radius 1 is 1.38 bits per heavy atom. The first-order valence-electron chi connectivity index (χ1n) is 5.10. The van der Waals surface area contributed by atoms with E-state index in [-0.39, 0.29) is 11.4 Å². The van der Waals surface area contributed by atoms with Crippen LogP contribution < -0.4 is 15.8 Å². The van der Waals surface area contributed by atoms with Gasteiger partial charge in [0.25, 0.3) is 5.91 Å². The summed E-state index contributed by atoms with van der Waals surface area (Å²) in [4.78, 5) is 11.9. The SMILES string of the molecule is COc1c(N)cccc1C(=O)NC(C)(C)C. The van der Waals surface area contributed by atoms with Gasteiger partial charge in [-0.2, -0.15) is 0 Å². The zero-order chi connectivity index (χ0) is 12.3. The molecule has 0 aliphatic heterocycles. The summed E-state index contributed by atoms with van der Waals surface area (Å²) in [5.74, 6) is 0.237. The molecule has 0 aliphatic carbocycles. The number of anilines is 1. The Morgan fingerprint density at radius 2 is 2.00 bits per heavy atom. The fourth-order valence-corrected chi connectivity index (χ4v) is 1.37. The van der Waals surface area contributed by atoms with Crippen LogP contribution >= 0.6 is 0 Å². The molecule has 0 aliphatic rings. The highest BCUT2D eigenvalue weighted by atomic mass is 16.5. The van der Waals surface area contributed by atoms with E-state index in [1.807, 2.05) is 20.8 Å². The van der Waals surface area contributed by atoms with Gasteiger partial charge < -0.3 is 15.8 Å². The minimum absolute atomic E-state index is 0.184. The van der Waals surface area contributed by atoms with E-state index in [0.29, 0.717) is 17.0 Å². The van der Waals surface area contributed by atoms with Gasteiger partial charge in [-0.1, -0.05) is 6.07 Å². The number of carbonyl (C=O) groups is 1. The molecule has 88 valence electrons. The average Bonchev–Trinajstić information content (AvgIpc) is 2.14. The molecule has 0 saturated carbocycles. The molecule has 1 aromatic rings. The predicted molar refractivity (Wildman–Crippen MR) is 64.6 cm³/mol. The van der Waals surface area contributed by atoms with Gasteiger partial charge in [-0.3, -0.25) is 4.79 Å². The Kier molecular flexibility index (Phi) is 3.42. The van der Waals surface area contributed by atoms with Gasteiger partial charge in [0, 0.05) is 5.54 Å². The highest BCUT2D eigenvalue weighted by Gasteiger charge is 2.19. The lowest BCUT2D eigenvalue weighted by Crippen LogP contribution is -2.40. The lowest BCUT2D eigenvalue weighted by atomic mass is 10.1. The zero-order valence-corrected chi connectivity index (χ0v) is 10.1. The number of amides is 1. The van der Waals surface area contributed by atoms with Crippen LogP contribution in [0.25, 0.3) is 0 Å². The highest BCUT2D eigenvalue weighted by Crippen LogP contribution is 2.26. The number of benzene rings is 1. The number of nitrogens with one attached hydrogen (secondary N) is 1. The number of nitrogens with two attached hydrogens (primary N) is 1. The van der Waals surface area contributed by atoms with Crippen LogP contribution in [0.2, 0.25) is 0 Å². The lowest BCUT2D eigenvalue weighted by molar-refractivity contribution is 0.0916. The van der Waals surface area contributed by atoms with E-state index in [0.717, 1.165) is 0 Å². The maximum absolute atomic E-state index is 11.9. The van der Waals surface area contributed by atoms with Crippen LogP contribution in [-0.2, 0) is 0 Å². The summed E-state index contributed by atoms with van der Waals surface area (Å²) in [6.45, 7) is 5.76. The van der Waals surface area contributed by atoms with Crippen molar-refractivity contribution in [3.05, 3.63) is 23.8 Å². The molecule has 1 rings (SSSR count). The van der Waals surface area contributed by atoms with Gasteiger partial charge in [0.05, 0.1) is 18.4 Å². The van der Waals surface area contributed by atoms with Crippen molar-refractivity contribution < 1.29 is 9.53 Å². The van der Waals surface area contributed by atoms with E-state index in [1.165, 1.54) is 7.11 Å². The van der Waals surface area contributed by atoms with Crippen molar-refractivity contribution >= 4 is 11.6 Å². The Hall–Kier alpha value is -1.71. The van der Waals surface area contributed by atoms with Crippen molar-refractivity contribution in [2.45, 2.75) is 26.3 Å². The topological polar surface area (TPSA) is 64.3 Å². The minimum Gasteiger partial charge on any atom is -0.494 e. The Balaban J connectivity index is 3.04. The Labute approximate surface area is 95.8 Å². The van der Waals surface area contributed by atoms with Crippen LogP contribution in [0.3, 0.4) is 0 Å². The summed E-state index contributed by atoms with van der Waals surface area (Å²) >= 11 is 0. The van der Waals surface area contributed by atoms with E-state index in [9.17, 15) is 4.79 Å². The average molecular weight is 222 g/mol. The molecule has 0 spiro atoms. The second-order valence-corrected chi connectivity index (χ2v) is 4.63. The molecule has 1 amide bonds. The maximum atomic E-state index is 11.9. The number of rotatable bonds is 2. The van der Waals surface area contributed by atoms with Gasteiger partial charge in [-0.25, -0.2) is 0 Å². The van der Waals surface area contributed by atoms with Crippen molar-refractivity contribution in [1.29, 1.82) is 0 Å². The van der Waals surface area contributed by atoms with E-state index >= 15 is 0 Å². The van der Waals surface area contributed by atoms with Gasteiger partial charge >= 0.3 is 0 Å². The molecule has 4 heteroatoms. The van der Waals surface area contributed by atoms with Crippen molar-refractivity contribution in [2.24, 2.45) is 0 Å². The number of methoxy groups -OCH3 is 1. The van der Waals surface area contributed by atoms with Crippen LogP contribution in [0.5, 0.6) is 5.75 Å². The van der Waals surface area contributed by atoms with Crippen molar-refractivity contribution in [3.63, 3.8) is 0 Å². The number of hydrogen-bond acceptors (Lipinski definition) is 3. The van der Waals surface area contributed by atoms with Crippen LogP contribution in [0, 0.1) is 0 Å². The molecular formula is C12H18N2O2. The smallest absolute Gasteiger partial charge is 0.255 e.